The predicted molar refractivity (Wildman–Crippen MR) is 97.6 cm³/mol. The highest BCUT2D eigenvalue weighted by molar-refractivity contribution is 5.96. The molecule has 8 heteroatoms. The van der Waals surface area contributed by atoms with E-state index < -0.39 is 17.1 Å². The molecular weight excluding hydrogens is 353 g/mol. The first-order valence-corrected chi connectivity index (χ1v) is 8.65. The Balaban J connectivity index is 1.86. The van der Waals surface area contributed by atoms with Crippen LogP contribution >= 0.6 is 0 Å². The fraction of sp³-hybridized carbons (Fsp3) is 0.368. The summed E-state index contributed by atoms with van der Waals surface area (Å²) >= 11 is 0. The Morgan fingerprint density at radius 3 is 2.56 bits per heavy atom. The van der Waals surface area contributed by atoms with Crippen LogP contribution in [-0.2, 0) is 13.1 Å². The van der Waals surface area contributed by atoms with Crippen molar-refractivity contribution in [1.29, 1.82) is 0 Å². The summed E-state index contributed by atoms with van der Waals surface area (Å²) in [5.74, 6) is -1.12. The molecule has 144 valence electrons. The highest BCUT2D eigenvalue weighted by Crippen LogP contribution is 2.26. The van der Waals surface area contributed by atoms with Gasteiger partial charge in [0.15, 0.2) is 17.3 Å². The number of carbonyl (C=O) groups excluding carboxylic acids is 1. The number of aromatic nitrogens is 1. The van der Waals surface area contributed by atoms with E-state index in [-0.39, 0.29) is 23.9 Å². The molecule has 1 aliphatic rings. The SMILES string of the molecule is CN(C)CCOc1cc(=O)c(O)c2n1CCN(Cc1ccc(F)cc1)C2=O. The van der Waals surface area contributed by atoms with Crippen molar-refractivity contribution in [2.45, 2.75) is 13.1 Å². The third-order valence-electron chi connectivity index (χ3n) is 4.41. The van der Waals surface area contributed by atoms with E-state index >= 15 is 0 Å². The highest BCUT2D eigenvalue weighted by atomic mass is 19.1. The third-order valence-corrected chi connectivity index (χ3v) is 4.41. The molecule has 0 saturated heterocycles. The molecule has 1 N–H and O–H groups in total. The van der Waals surface area contributed by atoms with Gasteiger partial charge in [-0.15, -0.1) is 0 Å². The monoisotopic (exact) mass is 375 g/mol. The molecule has 1 amide bonds. The molecule has 0 atom stereocenters. The van der Waals surface area contributed by atoms with Crippen molar-refractivity contribution in [3.05, 3.63) is 57.6 Å². The van der Waals surface area contributed by atoms with Gasteiger partial charge in [0.2, 0.25) is 5.43 Å². The molecule has 7 nitrogen and oxygen atoms in total. The minimum Gasteiger partial charge on any atom is -0.503 e. The van der Waals surface area contributed by atoms with E-state index in [0.29, 0.717) is 26.2 Å². The van der Waals surface area contributed by atoms with Gasteiger partial charge in [0.05, 0.1) is 0 Å². The van der Waals surface area contributed by atoms with Gasteiger partial charge in [-0.1, -0.05) is 12.1 Å². The van der Waals surface area contributed by atoms with Crippen LogP contribution in [0.15, 0.2) is 35.1 Å². The number of fused-ring (bicyclic) bond motifs is 1. The lowest BCUT2D eigenvalue weighted by Gasteiger charge is -2.31. The average Bonchev–Trinajstić information content (AvgIpc) is 2.62. The standard InChI is InChI=1S/C19H22FN3O4/c1-21(2)9-10-27-16-11-15(24)18(25)17-19(26)22(7-8-23(16)17)12-13-3-5-14(20)6-4-13/h3-6,11,25H,7-10,12H2,1-2H3. The summed E-state index contributed by atoms with van der Waals surface area (Å²) in [6, 6.07) is 7.07. The van der Waals surface area contributed by atoms with E-state index in [1.54, 1.807) is 12.1 Å². The number of hydrogen-bond donors (Lipinski definition) is 1. The van der Waals surface area contributed by atoms with E-state index in [9.17, 15) is 19.1 Å². The zero-order chi connectivity index (χ0) is 19.6. The van der Waals surface area contributed by atoms with Gasteiger partial charge in [0, 0.05) is 32.2 Å². The van der Waals surface area contributed by atoms with Crippen LogP contribution in [0.4, 0.5) is 4.39 Å². The summed E-state index contributed by atoms with van der Waals surface area (Å²) in [6.45, 7) is 2.03. The summed E-state index contributed by atoms with van der Waals surface area (Å²) in [7, 11) is 3.80. The molecule has 1 aliphatic heterocycles. The largest absolute Gasteiger partial charge is 0.503 e. The number of ether oxygens (including phenoxy) is 1. The smallest absolute Gasteiger partial charge is 0.274 e. The second-order valence-electron chi connectivity index (χ2n) is 6.70. The first-order valence-electron chi connectivity index (χ1n) is 8.65. The lowest BCUT2D eigenvalue weighted by Crippen LogP contribution is -2.41. The fourth-order valence-corrected chi connectivity index (χ4v) is 2.94. The van der Waals surface area contributed by atoms with Gasteiger partial charge >= 0.3 is 0 Å². The fourth-order valence-electron chi connectivity index (χ4n) is 2.94. The van der Waals surface area contributed by atoms with Gasteiger partial charge in [-0.25, -0.2) is 4.39 Å². The highest BCUT2D eigenvalue weighted by Gasteiger charge is 2.30. The maximum atomic E-state index is 13.1. The number of likely N-dealkylation sites (N-methyl/N-ethyl adjacent to an activating group) is 1. The Hall–Kier alpha value is -2.87. The molecule has 3 rings (SSSR count). The Kier molecular flexibility index (Phi) is 5.46. The van der Waals surface area contributed by atoms with Crippen LogP contribution in [0.2, 0.25) is 0 Å². The molecule has 0 radical (unpaired) electrons. The summed E-state index contributed by atoms with van der Waals surface area (Å²) in [4.78, 5) is 28.4. The van der Waals surface area contributed by atoms with E-state index in [4.69, 9.17) is 4.74 Å². The van der Waals surface area contributed by atoms with Crippen LogP contribution in [0.3, 0.4) is 0 Å². The van der Waals surface area contributed by atoms with Gasteiger partial charge < -0.3 is 24.2 Å². The van der Waals surface area contributed by atoms with E-state index in [1.165, 1.54) is 27.7 Å². The molecule has 0 saturated carbocycles. The number of carbonyl (C=O) groups is 1. The van der Waals surface area contributed by atoms with Crippen LogP contribution in [0.25, 0.3) is 0 Å². The van der Waals surface area contributed by atoms with Crippen molar-refractivity contribution in [3.8, 4) is 11.6 Å². The van der Waals surface area contributed by atoms with Crippen molar-refractivity contribution in [3.63, 3.8) is 0 Å². The average molecular weight is 375 g/mol. The predicted octanol–water partition coefficient (Wildman–Crippen LogP) is 1.29. The second-order valence-corrected chi connectivity index (χ2v) is 6.70. The summed E-state index contributed by atoms with van der Waals surface area (Å²) in [5.41, 5.74) is 0.0345. The van der Waals surface area contributed by atoms with Crippen LogP contribution < -0.4 is 10.2 Å². The molecule has 1 aromatic carbocycles. The van der Waals surface area contributed by atoms with Crippen molar-refractivity contribution in [2.24, 2.45) is 0 Å². The zero-order valence-corrected chi connectivity index (χ0v) is 15.3. The molecule has 0 bridgehead atoms. The third kappa shape index (κ3) is 4.11. The van der Waals surface area contributed by atoms with E-state index in [2.05, 4.69) is 0 Å². The molecule has 0 aliphatic carbocycles. The number of benzene rings is 1. The quantitative estimate of drug-likeness (QED) is 0.824. The van der Waals surface area contributed by atoms with Crippen LogP contribution in [0.1, 0.15) is 16.1 Å². The number of pyridine rings is 1. The van der Waals surface area contributed by atoms with Gasteiger partial charge in [0.25, 0.3) is 5.91 Å². The minimum atomic E-state index is -0.655. The molecule has 2 aromatic rings. The number of hydrogen-bond acceptors (Lipinski definition) is 5. The first-order chi connectivity index (χ1) is 12.9. The topological polar surface area (TPSA) is 75.0 Å². The van der Waals surface area contributed by atoms with Crippen LogP contribution in [0.5, 0.6) is 11.6 Å². The first kappa shape index (κ1) is 18.9. The van der Waals surface area contributed by atoms with Crippen molar-refractivity contribution in [2.75, 3.05) is 33.8 Å². The normalized spacial score (nSPS) is 13.8. The van der Waals surface area contributed by atoms with Gasteiger partial charge in [0.1, 0.15) is 12.4 Å². The summed E-state index contributed by atoms with van der Waals surface area (Å²) < 4.78 is 20.3. The number of aromatic hydroxyl groups is 1. The maximum Gasteiger partial charge on any atom is 0.274 e. The van der Waals surface area contributed by atoms with Crippen molar-refractivity contribution < 1.29 is 19.0 Å². The van der Waals surface area contributed by atoms with Crippen LogP contribution in [-0.4, -0.2) is 59.2 Å². The summed E-state index contributed by atoms with van der Waals surface area (Å²) in [6.07, 6.45) is 0. The Labute approximate surface area is 156 Å². The second kappa shape index (κ2) is 7.79. The van der Waals surface area contributed by atoms with E-state index in [0.717, 1.165) is 5.56 Å². The molecule has 1 aromatic heterocycles. The maximum absolute atomic E-state index is 13.1. The Morgan fingerprint density at radius 2 is 1.89 bits per heavy atom. The molecule has 0 unspecified atom stereocenters. The molecule has 2 heterocycles. The minimum absolute atomic E-state index is 0.0734. The lowest BCUT2D eigenvalue weighted by atomic mass is 10.1. The Morgan fingerprint density at radius 1 is 1.19 bits per heavy atom. The van der Waals surface area contributed by atoms with Gasteiger partial charge in [-0.3, -0.25) is 9.59 Å². The lowest BCUT2D eigenvalue weighted by molar-refractivity contribution is 0.0674. The number of nitrogens with zero attached hydrogens (tertiary/aromatic N) is 3. The zero-order valence-electron chi connectivity index (χ0n) is 15.3. The van der Waals surface area contributed by atoms with Crippen molar-refractivity contribution in [1.82, 2.24) is 14.4 Å². The van der Waals surface area contributed by atoms with E-state index in [1.807, 2.05) is 19.0 Å². The number of amides is 1. The number of halogens is 1. The molecule has 0 fully saturated rings. The summed E-state index contributed by atoms with van der Waals surface area (Å²) in [5, 5.41) is 10.2. The van der Waals surface area contributed by atoms with Gasteiger partial charge in [-0.05, 0) is 31.8 Å². The Bertz CT molecular complexity index is 893. The molecular formula is C19H22FN3O4. The van der Waals surface area contributed by atoms with Gasteiger partial charge in [-0.2, -0.15) is 0 Å². The molecule has 27 heavy (non-hydrogen) atoms. The molecule has 0 spiro atoms. The van der Waals surface area contributed by atoms with Crippen molar-refractivity contribution >= 4 is 5.91 Å². The number of rotatable bonds is 6. The van der Waals surface area contributed by atoms with Crippen LogP contribution in [0, 0.1) is 5.82 Å².